The molecule has 1 aromatic carbocycles. The summed E-state index contributed by atoms with van der Waals surface area (Å²) in [5.41, 5.74) is 0. The zero-order valence-electron chi connectivity index (χ0n) is 8.55. The van der Waals surface area contributed by atoms with Crippen LogP contribution in [-0.2, 0) is 0 Å². The van der Waals surface area contributed by atoms with Crippen molar-refractivity contribution in [2.45, 2.75) is 0 Å². The van der Waals surface area contributed by atoms with E-state index < -0.39 is 0 Å². The first kappa shape index (κ1) is 11.1. The van der Waals surface area contributed by atoms with E-state index in [9.17, 15) is 0 Å². The van der Waals surface area contributed by atoms with E-state index in [0.29, 0.717) is 17.4 Å². The minimum atomic E-state index is 0.528. The Morgan fingerprint density at radius 1 is 1.19 bits per heavy atom. The summed E-state index contributed by atoms with van der Waals surface area (Å²) in [6.07, 6.45) is 3.14. The van der Waals surface area contributed by atoms with E-state index in [1.165, 1.54) is 6.33 Å². The molecule has 4 nitrogen and oxygen atoms in total. The van der Waals surface area contributed by atoms with Crippen LogP contribution in [0.4, 0.5) is 0 Å². The quantitative estimate of drug-likeness (QED) is 0.813. The lowest BCUT2D eigenvalue weighted by Crippen LogP contribution is -1.94. The number of methoxy groups -OCH3 is 1. The summed E-state index contributed by atoms with van der Waals surface area (Å²) in [7, 11) is 1.60. The molecule has 0 saturated carbocycles. The Hall–Kier alpha value is -1.37. The highest BCUT2D eigenvalue weighted by molar-refractivity contribution is 14.1. The Bertz CT molecular complexity index is 491. The van der Waals surface area contributed by atoms with Gasteiger partial charge in [-0.2, -0.15) is 0 Å². The minimum absolute atomic E-state index is 0.528. The zero-order chi connectivity index (χ0) is 11.4. The van der Waals surface area contributed by atoms with Crippen LogP contribution in [0.1, 0.15) is 0 Å². The average Bonchev–Trinajstić information content (AvgIpc) is 2.33. The van der Waals surface area contributed by atoms with E-state index in [0.717, 1.165) is 3.57 Å². The molecule has 1 aromatic heterocycles. The SMILES string of the molecule is COc1ccccc1Oc1ncncc1I. The highest BCUT2D eigenvalue weighted by atomic mass is 127. The average molecular weight is 328 g/mol. The smallest absolute Gasteiger partial charge is 0.235 e. The zero-order valence-corrected chi connectivity index (χ0v) is 10.7. The van der Waals surface area contributed by atoms with Crippen molar-refractivity contribution >= 4 is 22.6 Å². The molecular weight excluding hydrogens is 319 g/mol. The molecule has 82 valence electrons. The predicted octanol–water partition coefficient (Wildman–Crippen LogP) is 2.88. The van der Waals surface area contributed by atoms with Crippen molar-refractivity contribution < 1.29 is 9.47 Å². The minimum Gasteiger partial charge on any atom is -0.493 e. The molecule has 0 atom stereocenters. The molecule has 5 heteroatoms. The van der Waals surface area contributed by atoms with Gasteiger partial charge in [-0.25, -0.2) is 9.97 Å². The standard InChI is InChI=1S/C11H9IN2O2/c1-15-9-4-2-3-5-10(9)16-11-8(12)6-13-7-14-11/h2-7H,1H3. The van der Waals surface area contributed by atoms with Crippen molar-refractivity contribution in [3.63, 3.8) is 0 Å². The highest BCUT2D eigenvalue weighted by Gasteiger charge is 2.07. The summed E-state index contributed by atoms with van der Waals surface area (Å²) in [4.78, 5) is 7.95. The lowest BCUT2D eigenvalue weighted by molar-refractivity contribution is 0.373. The Morgan fingerprint density at radius 2 is 1.94 bits per heavy atom. The van der Waals surface area contributed by atoms with Crippen molar-refractivity contribution in [3.8, 4) is 17.4 Å². The topological polar surface area (TPSA) is 44.2 Å². The van der Waals surface area contributed by atoms with Gasteiger partial charge in [-0.1, -0.05) is 12.1 Å². The molecule has 0 fully saturated rings. The van der Waals surface area contributed by atoms with Gasteiger partial charge in [-0.3, -0.25) is 0 Å². The van der Waals surface area contributed by atoms with Crippen LogP contribution in [0.5, 0.6) is 17.4 Å². The van der Waals surface area contributed by atoms with E-state index in [-0.39, 0.29) is 0 Å². The maximum Gasteiger partial charge on any atom is 0.235 e. The Balaban J connectivity index is 2.30. The molecule has 0 aliphatic carbocycles. The van der Waals surface area contributed by atoms with Gasteiger partial charge in [0.25, 0.3) is 0 Å². The number of aromatic nitrogens is 2. The van der Waals surface area contributed by atoms with Crippen LogP contribution in [0.15, 0.2) is 36.8 Å². The van der Waals surface area contributed by atoms with Crippen LogP contribution in [0.3, 0.4) is 0 Å². The van der Waals surface area contributed by atoms with E-state index in [2.05, 4.69) is 32.6 Å². The fourth-order valence-corrected chi connectivity index (χ4v) is 1.59. The van der Waals surface area contributed by atoms with Gasteiger partial charge in [-0.05, 0) is 34.7 Å². The van der Waals surface area contributed by atoms with Crippen LogP contribution in [0.2, 0.25) is 0 Å². The second kappa shape index (κ2) is 5.11. The van der Waals surface area contributed by atoms with Gasteiger partial charge in [0.2, 0.25) is 5.88 Å². The van der Waals surface area contributed by atoms with Gasteiger partial charge < -0.3 is 9.47 Å². The maximum absolute atomic E-state index is 5.65. The number of nitrogens with zero attached hydrogens (tertiary/aromatic N) is 2. The van der Waals surface area contributed by atoms with Crippen LogP contribution in [0.25, 0.3) is 0 Å². The number of ether oxygens (including phenoxy) is 2. The lowest BCUT2D eigenvalue weighted by Gasteiger charge is -2.09. The second-order valence-corrected chi connectivity index (χ2v) is 4.09. The van der Waals surface area contributed by atoms with Crippen LogP contribution >= 0.6 is 22.6 Å². The molecule has 0 radical (unpaired) electrons. The summed E-state index contributed by atoms with van der Waals surface area (Å²) in [6.45, 7) is 0. The van der Waals surface area contributed by atoms with Gasteiger partial charge in [-0.15, -0.1) is 0 Å². The Kier molecular flexibility index (Phi) is 3.55. The lowest BCUT2D eigenvalue weighted by atomic mass is 10.3. The first-order valence-electron chi connectivity index (χ1n) is 4.57. The van der Waals surface area contributed by atoms with Crippen LogP contribution in [-0.4, -0.2) is 17.1 Å². The second-order valence-electron chi connectivity index (χ2n) is 2.93. The summed E-state index contributed by atoms with van der Waals surface area (Å²) in [6, 6.07) is 7.43. The molecule has 0 amide bonds. The Labute approximate surface area is 107 Å². The van der Waals surface area contributed by atoms with Crippen LogP contribution < -0.4 is 9.47 Å². The van der Waals surface area contributed by atoms with Gasteiger partial charge in [0, 0.05) is 6.20 Å². The van der Waals surface area contributed by atoms with Gasteiger partial charge in [0.15, 0.2) is 11.5 Å². The molecule has 0 saturated heterocycles. The summed E-state index contributed by atoms with van der Waals surface area (Å²) in [5, 5.41) is 0. The summed E-state index contributed by atoms with van der Waals surface area (Å²) < 4.78 is 11.7. The van der Waals surface area contributed by atoms with E-state index >= 15 is 0 Å². The molecular formula is C11H9IN2O2. The normalized spacial score (nSPS) is 9.88. The molecule has 1 heterocycles. The first-order chi connectivity index (χ1) is 7.81. The van der Waals surface area contributed by atoms with Crippen molar-refractivity contribution in [1.29, 1.82) is 0 Å². The predicted molar refractivity (Wildman–Crippen MR) is 67.8 cm³/mol. The van der Waals surface area contributed by atoms with E-state index in [1.807, 2.05) is 24.3 Å². The number of benzene rings is 1. The van der Waals surface area contributed by atoms with Crippen molar-refractivity contribution in [2.75, 3.05) is 7.11 Å². The third-order valence-electron chi connectivity index (χ3n) is 1.91. The third kappa shape index (κ3) is 2.41. The monoisotopic (exact) mass is 328 g/mol. The summed E-state index contributed by atoms with van der Waals surface area (Å²) >= 11 is 2.12. The molecule has 0 aliphatic heterocycles. The van der Waals surface area contributed by atoms with Gasteiger partial charge in [0.1, 0.15) is 6.33 Å². The maximum atomic E-state index is 5.65. The van der Waals surface area contributed by atoms with Gasteiger partial charge >= 0.3 is 0 Å². The number of para-hydroxylation sites is 2. The Morgan fingerprint density at radius 3 is 2.62 bits per heavy atom. The molecule has 0 bridgehead atoms. The van der Waals surface area contributed by atoms with Crippen molar-refractivity contribution in [1.82, 2.24) is 9.97 Å². The summed E-state index contributed by atoms with van der Waals surface area (Å²) in [5.74, 6) is 1.85. The van der Waals surface area contributed by atoms with E-state index in [1.54, 1.807) is 13.3 Å². The fourth-order valence-electron chi connectivity index (χ4n) is 1.18. The molecule has 16 heavy (non-hydrogen) atoms. The first-order valence-corrected chi connectivity index (χ1v) is 5.65. The molecule has 0 spiro atoms. The highest BCUT2D eigenvalue weighted by Crippen LogP contribution is 2.31. The number of hydrogen-bond acceptors (Lipinski definition) is 4. The van der Waals surface area contributed by atoms with Crippen molar-refractivity contribution in [3.05, 3.63) is 40.4 Å². The molecule has 0 unspecified atom stereocenters. The molecule has 2 aromatic rings. The molecule has 2 rings (SSSR count). The van der Waals surface area contributed by atoms with E-state index in [4.69, 9.17) is 9.47 Å². The van der Waals surface area contributed by atoms with Crippen LogP contribution in [0, 0.1) is 3.57 Å². The van der Waals surface area contributed by atoms with Crippen molar-refractivity contribution in [2.24, 2.45) is 0 Å². The molecule has 0 aliphatic rings. The number of halogens is 1. The third-order valence-corrected chi connectivity index (χ3v) is 2.65. The number of rotatable bonds is 3. The number of hydrogen-bond donors (Lipinski definition) is 0. The largest absolute Gasteiger partial charge is 0.493 e. The van der Waals surface area contributed by atoms with Gasteiger partial charge in [0.05, 0.1) is 10.7 Å². The molecule has 0 N–H and O–H groups in total. The fraction of sp³-hybridized carbons (Fsp3) is 0.0909.